The molecule has 2 aromatic rings. The number of carbonyl (C=O) groups is 1. The molecule has 0 amide bonds. The fraction of sp³-hybridized carbons (Fsp3) is 0.0769. The maximum atomic E-state index is 11.3. The molecule has 0 fully saturated rings. The first-order chi connectivity index (χ1) is 8.78. The molecule has 1 aliphatic heterocycles. The van der Waals surface area contributed by atoms with Gasteiger partial charge >= 0.3 is 4.87 Å². The van der Waals surface area contributed by atoms with Crippen LogP contribution in [0.4, 0.5) is 0 Å². The Morgan fingerprint density at radius 3 is 2.72 bits per heavy atom. The number of H-pyrrole nitrogens is 1. The number of hydrogen-bond acceptors (Lipinski definition) is 4. The summed E-state index contributed by atoms with van der Waals surface area (Å²) in [7, 11) is 0. The van der Waals surface area contributed by atoms with E-state index in [9.17, 15) is 9.59 Å². The van der Waals surface area contributed by atoms with Crippen molar-refractivity contribution >= 4 is 35.5 Å². The van der Waals surface area contributed by atoms with E-state index in [-0.39, 0.29) is 10.1 Å². The lowest BCUT2D eigenvalue weighted by Gasteiger charge is -2.20. The number of benzene rings is 1. The van der Waals surface area contributed by atoms with Crippen molar-refractivity contribution in [1.29, 1.82) is 0 Å². The summed E-state index contributed by atoms with van der Waals surface area (Å²) in [5.41, 5.74) is 1.77. The van der Waals surface area contributed by atoms with Crippen molar-refractivity contribution in [3.05, 3.63) is 56.0 Å². The predicted octanol–water partition coefficient (Wildman–Crippen LogP) is 2.87. The van der Waals surface area contributed by atoms with Crippen LogP contribution in [0.15, 0.2) is 45.7 Å². The van der Waals surface area contributed by atoms with Gasteiger partial charge in [0.1, 0.15) is 6.29 Å². The Labute approximate surface area is 112 Å². The molecule has 1 aliphatic rings. The van der Waals surface area contributed by atoms with Crippen molar-refractivity contribution in [2.24, 2.45) is 0 Å². The topological polar surface area (TPSA) is 49.9 Å². The van der Waals surface area contributed by atoms with Crippen molar-refractivity contribution in [2.75, 3.05) is 0 Å². The highest BCUT2D eigenvalue weighted by Crippen LogP contribution is 2.45. The Balaban J connectivity index is 2.08. The van der Waals surface area contributed by atoms with Crippen molar-refractivity contribution in [1.82, 2.24) is 4.98 Å². The molecule has 0 saturated heterocycles. The van der Waals surface area contributed by atoms with Gasteiger partial charge in [-0.05, 0) is 11.6 Å². The average molecular weight is 275 g/mol. The lowest BCUT2D eigenvalue weighted by atomic mass is 10.0. The van der Waals surface area contributed by atoms with E-state index >= 15 is 0 Å². The summed E-state index contributed by atoms with van der Waals surface area (Å²) in [5.74, 6) is 0. The highest BCUT2D eigenvalue weighted by Gasteiger charge is 2.25. The van der Waals surface area contributed by atoms with Crippen molar-refractivity contribution < 1.29 is 4.79 Å². The van der Waals surface area contributed by atoms with Gasteiger partial charge in [0, 0.05) is 5.57 Å². The zero-order valence-corrected chi connectivity index (χ0v) is 10.9. The Bertz CT molecular complexity index is 670. The Morgan fingerprint density at radius 2 is 2.00 bits per heavy atom. The maximum absolute atomic E-state index is 11.3. The van der Waals surface area contributed by atoms with Crippen LogP contribution >= 0.6 is 23.1 Å². The van der Waals surface area contributed by atoms with Gasteiger partial charge in [-0.25, -0.2) is 0 Å². The smallest absolute Gasteiger partial charge is 0.305 e. The summed E-state index contributed by atoms with van der Waals surface area (Å²) in [6.07, 6.45) is 2.68. The molecule has 0 aliphatic carbocycles. The van der Waals surface area contributed by atoms with Crippen LogP contribution in [0.3, 0.4) is 0 Å². The molecule has 0 spiro atoms. The number of carbonyl (C=O) groups excluding carboxylic acids is 1. The normalized spacial score (nSPS) is 18.0. The Kier molecular flexibility index (Phi) is 2.93. The number of nitrogens with one attached hydrogen (secondary N) is 1. The molecule has 0 radical (unpaired) electrons. The van der Waals surface area contributed by atoms with Crippen LogP contribution in [-0.2, 0) is 4.79 Å². The van der Waals surface area contributed by atoms with Crippen LogP contribution in [0.2, 0.25) is 0 Å². The predicted molar refractivity (Wildman–Crippen MR) is 74.0 cm³/mol. The summed E-state index contributed by atoms with van der Waals surface area (Å²) < 4.78 is 0. The van der Waals surface area contributed by atoms with Crippen LogP contribution < -0.4 is 4.87 Å². The van der Waals surface area contributed by atoms with Gasteiger partial charge in [-0.1, -0.05) is 53.4 Å². The molecule has 2 heterocycles. The van der Waals surface area contributed by atoms with Crippen LogP contribution in [0.25, 0.3) is 6.08 Å². The summed E-state index contributed by atoms with van der Waals surface area (Å²) in [5, 5.41) is 0.811. The van der Waals surface area contributed by atoms with E-state index in [1.807, 2.05) is 30.3 Å². The quantitative estimate of drug-likeness (QED) is 0.857. The number of aromatic nitrogens is 1. The van der Waals surface area contributed by atoms with E-state index in [0.29, 0.717) is 5.57 Å². The largest absolute Gasteiger partial charge is 0.307 e. The zero-order valence-electron chi connectivity index (χ0n) is 9.25. The van der Waals surface area contributed by atoms with Gasteiger partial charge in [-0.15, -0.1) is 0 Å². The highest BCUT2D eigenvalue weighted by molar-refractivity contribution is 8.00. The third-order valence-corrected chi connectivity index (χ3v) is 5.01. The minimum Gasteiger partial charge on any atom is -0.307 e. The Morgan fingerprint density at radius 1 is 1.22 bits per heavy atom. The molecule has 1 N–H and O–H groups in total. The lowest BCUT2D eigenvalue weighted by molar-refractivity contribution is -0.104. The highest BCUT2D eigenvalue weighted by atomic mass is 32.2. The van der Waals surface area contributed by atoms with Crippen molar-refractivity contribution in [3.63, 3.8) is 0 Å². The molecule has 90 valence electrons. The number of rotatable bonds is 2. The van der Waals surface area contributed by atoms with Gasteiger partial charge < -0.3 is 4.98 Å². The maximum Gasteiger partial charge on any atom is 0.305 e. The fourth-order valence-corrected chi connectivity index (χ4v) is 4.05. The number of aromatic amines is 1. The van der Waals surface area contributed by atoms with Gasteiger partial charge in [0.25, 0.3) is 0 Å². The molecular weight excluding hydrogens is 266 g/mol. The summed E-state index contributed by atoms with van der Waals surface area (Å²) in [6.45, 7) is 0. The standard InChI is InChI=1S/C13H9NO2S2/c15-7-9-6-10-12(14-13(16)17-10)18-11(9)8-4-2-1-3-5-8/h1-7,11H,(H,14,16)/t11-/m0/s1. The molecule has 0 bridgehead atoms. The van der Waals surface area contributed by atoms with Gasteiger partial charge in [0.2, 0.25) is 0 Å². The third kappa shape index (κ3) is 1.95. The average Bonchev–Trinajstić information content (AvgIpc) is 2.77. The van der Waals surface area contributed by atoms with Crippen molar-refractivity contribution in [3.8, 4) is 0 Å². The van der Waals surface area contributed by atoms with Crippen LogP contribution in [0.5, 0.6) is 0 Å². The summed E-state index contributed by atoms with van der Waals surface area (Å²) in [6, 6.07) is 9.82. The minimum atomic E-state index is -0.0808. The minimum absolute atomic E-state index is 0.0403. The summed E-state index contributed by atoms with van der Waals surface area (Å²) in [4.78, 5) is 26.1. The number of thiazole rings is 1. The fourth-order valence-electron chi connectivity index (χ4n) is 1.91. The lowest BCUT2D eigenvalue weighted by Crippen LogP contribution is -2.04. The van der Waals surface area contributed by atoms with E-state index in [0.717, 1.165) is 33.1 Å². The SMILES string of the molecule is O=CC1=Cc2sc(=O)[nH]c2S[C@H]1c1ccccc1. The first-order valence-corrected chi connectivity index (χ1v) is 7.09. The molecule has 0 unspecified atom stereocenters. The molecule has 3 rings (SSSR count). The summed E-state index contributed by atoms with van der Waals surface area (Å²) >= 11 is 2.66. The van der Waals surface area contributed by atoms with Crippen LogP contribution in [0.1, 0.15) is 15.7 Å². The molecule has 1 aromatic carbocycles. The molecule has 1 atom stereocenters. The number of hydrogen-bond donors (Lipinski definition) is 1. The third-order valence-electron chi connectivity index (χ3n) is 2.72. The van der Waals surface area contributed by atoms with E-state index in [1.165, 1.54) is 11.8 Å². The van der Waals surface area contributed by atoms with E-state index < -0.39 is 0 Å². The first-order valence-electron chi connectivity index (χ1n) is 5.39. The number of aldehydes is 1. The molecule has 1 aromatic heterocycles. The Hall–Kier alpha value is -1.59. The van der Waals surface area contributed by atoms with Crippen molar-refractivity contribution in [2.45, 2.75) is 10.3 Å². The molecule has 5 heteroatoms. The molecule has 18 heavy (non-hydrogen) atoms. The van der Waals surface area contributed by atoms with E-state index in [2.05, 4.69) is 4.98 Å². The van der Waals surface area contributed by atoms with Gasteiger partial charge in [0.05, 0.1) is 15.2 Å². The molecular formula is C13H9NO2S2. The van der Waals surface area contributed by atoms with E-state index in [1.54, 1.807) is 6.08 Å². The molecule has 0 saturated carbocycles. The zero-order chi connectivity index (χ0) is 12.5. The van der Waals surface area contributed by atoms with Gasteiger partial charge in [0.15, 0.2) is 0 Å². The first kappa shape index (κ1) is 11.5. The second kappa shape index (κ2) is 4.59. The van der Waals surface area contributed by atoms with Gasteiger partial charge in [-0.3, -0.25) is 9.59 Å². The number of fused-ring (bicyclic) bond motifs is 1. The van der Waals surface area contributed by atoms with Crippen LogP contribution in [0, 0.1) is 0 Å². The number of thioether (sulfide) groups is 1. The molecule has 3 nitrogen and oxygen atoms in total. The van der Waals surface area contributed by atoms with Gasteiger partial charge in [-0.2, -0.15) is 0 Å². The van der Waals surface area contributed by atoms with E-state index in [4.69, 9.17) is 0 Å². The second-order valence-electron chi connectivity index (χ2n) is 3.88. The second-order valence-corrected chi connectivity index (χ2v) is 6.01. The van der Waals surface area contributed by atoms with Crippen LogP contribution in [-0.4, -0.2) is 11.3 Å². The monoisotopic (exact) mass is 275 g/mol.